The van der Waals surface area contributed by atoms with Gasteiger partial charge in [0.2, 0.25) is 0 Å². The summed E-state index contributed by atoms with van der Waals surface area (Å²) < 4.78 is 1.48. The van der Waals surface area contributed by atoms with E-state index in [1.807, 2.05) is 24.3 Å². The van der Waals surface area contributed by atoms with Gasteiger partial charge in [-0.3, -0.25) is 9.48 Å². The molecule has 7 nitrogen and oxygen atoms in total. The highest BCUT2D eigenvalue weighted by molar-refractivity contribution is 6.02. The van der Waals surface area contributed by atoms with Crippen LogP contribution in [0.5, 0.6) is 0 Å². The second-order valence-corrected chi connectivity index (χ2v) is 4.25. The van der Waals surface area contributed by atoms with E-state index < -0.39 is 0 Å². The fraction of sp³-hybridized carbons (Fsp3) is 0.0769. The Bertz CT molecular complexity index is 714. The molecule has 2 aromatic heterocycles. The van der Waals surface area contributed by atoms with E-state index in [1.165, 1.54) is 4.68 Å². The van der Waals surface area contributed by atoms with Gasteiger partial charge >= 0.3 is 0 Å². The smallest absolute Gasteiger partial charge is 0.277 e. The van der Waals surface area contributed by atoms with E-state index >= 15 is 0 Å². The van der Waals surface area contributed by atoms with Crippen LogP contribution in [0.1, 0.15) is 10.5 Å². The maximum Gasteiger partial charge on any atom is 0.277 e. The zero-order valence-electron chi connectivity index (χ0n) is 10.7. The van der Waals surface area contributed by atoms with Crippen molar-refractivity contribution in [3.63, 3.8) is 0 Å². The summed E-state index contributed by atoms with van der Waals surface area (Å²) in [6.07, 6.45) is 5.02. The Morgan fingerprint density at radius 3 is 2.70 bits per heavy atom. The Morgan fingerprint density at radius 2 is 2.10 bits per heavy atom. The number of H-pyrrole nitrogens is 1. The van der Waals surface area contributed by atoms with Crippen LogP contribution in [0.2, 0.25) is 0 Å². The van der Waals surface area contributed by atoms with Crippen LogP contribution in [0.3, 0.4) is 0 Å². The highest BCUT2D eigenvalue weighted by Gasteiger charge is 2.10. The van der Waals surface area contributed by atoms with Crippen molar-refractivity contribution < 1.29 is 4.79 Å². The number of rotatable bonds is 3. The third-order valence-corrected chi connectivity index (χ3v) is 2.75. The second-order valence-electron chi connectivity index (χ2n) is 4.25. The number of nitrogens with one attached hydrogen (secondary N) is 2. The van der Waals surface area contributed by atoms with Crippen molar-refractivity contribution in [1.82, 2.24) is 25.0 Å². The maximum absolute atomic E-state index is 11.9. The minimum Gasteiger partial charge on any atom is -0.345 e. The van der Waals surface area contributed by atoms with Gasteiger partial charge in [-0.15, -0.1) is 5.10 Å². The number of nitrogens with zero attached hydrogens (tertiary/aromatic N) is 4. The second kappa shape index (κ2) is 4.96. The number of carbonyl (C=O) groups is 1. The molecule has 0 fully saturated rings. The summed E-state index contributed by atoms with van der Waals surface area (Å²) in [5.41, 5.74) is 1.92. The van der Waals surface area contributed by atoms with E-state index in [4.69, 9.17) is 0 Å². The van der Waals surface area contributed by atoms with Crippen LogP contribution in [0, 0.1) is 0 Å². The molecule has 1 amide bonds. The zero-order valence-corrected chi connectivity index (χ0v) is 10.7. The third-order valence-electron chi connectivity index (χ3n) is 2.75. The van der Waals surface area contributed by atoms with E-state index in [2.05, 4.69) is 25.6 Å². The monoisotopic (exact) mass is 268 g/mol. The van der Waals surface area contributed by atoms with Crippen LogP contribution < -0.4 is 5.32 Å². The molecule has 0 aliphatic rings. The van der Waals surface area contributed by atoms with E-state index in [0.29, 0.717) is 5.69 Å². The molecule has 0 spiro atoms. The Labute approximate surface area is 114 Å². The van der Waals surface area contributed by atoms with Crippen molar-refractivity contribution >= 4 is 11.6 Å². The normalized spacial score (nSPS) is 10.4. The van der Waals surface area contributed by atoms with Crippen molar-refractivity contribution in [2.45, 2.75) is 0 Å². The van der Waals surface area contributed by atoms with E-state index in [-0.39, 0.29) is 11.6 Å². The molecule has 7 heteroatoms. The molecule has 100 valence electrons. The van der Waals surface area contributed by atoms with Crippen molar-refractivity contribution in [1.29, 1.82) is 0 Å². The number of aromatic nitrogens is 5. The largest absolute Gasteiger partial charge is 0.345 e. The predicted octanol–water partition coefficient (Wildman–Crippen LogP) is 1.46. The van der Waals surface area contributed by atoms with Crippen LogP contribution in [0.4, 0.5) is 5.69 Å². The molecule has 0 saturated heterocycles. The van der Waals surface area contributed by atoms with Crippen LogP contribution in [-0.4, -0.2) is 30.9 Å². The van der Waals surface area contributed by atoms with E-state index in [9.17, 15) is 4.79 Å². The molecule has 1 aromatic carbocycles. The summed E-state index contributed by atoms with van der Waals surface area (Å²) in [5.74, 6) is 0.501. The van der Waals surface area contributed by atoms with Gasteiger partial charge in [0.05, 0.1) is 6.20 Å². The van der Waals surface area contributed by atoms with Gasteiger partial charge in [-0.25, -0.2) is 4.98 Å². The lowest BCUT2D eigenvalue weighted by molar-refractivity contribution is 0.102. The zero-order chi connectivity index (χ0) is 13.9. The van der Waals surface area contributed by atoms with Gasteiger partial charge in [0.15, 0.2) is 5.69 Å². The maximum atomic E-state index is 11.9. The first-order valence-electron chi connectivity index (χ1n) is 6.00. The molecule has 0 radical (unpaired) electrons. The molecule has 3 aromatic rings. The predicted molar refractivity (Wildman–Crippen MR) is 73.0 cm³/mol. The number of imidazole rings is 1. The Kier molecular flexibility index (Phi) is 3.00. The quantitative estimate of drug-likeness (QED) is 0.752. The first-order valence-corrected chi connectivity index (χ1v) is 6.00. The van der Waals surface area contributed by atoms with Crippen LogP contribution >= 0.6 is 0 Å². The summed E-state index contributed by atoms with van der Waals surface area (Å²) in [6, 6.07) is 7.38. The minimum atomic E-state index is -0.288. The van der Waals surface area contributed by atoms with Crippen molar-refractivity contribution in [3.05, 3.63) is 48.5 Å². The molecule has 0 unspecified atom stereocenters. The number of amides is 1. The molecule has 0 bridgehead atoms. The third kappa shape index (κ3) is 2.41. The Balaban J connectivity index is 1.74. The molecule has 3 rings (SSSR count). The van der Waals surface area contributed by atoms with Gasteiger partial charge in [-0.1, -0.05) is 5.21 Å². The number of hydrogen-bond donors (Lipinski definition) is 2. The average molecular weight is 268 g/mol. The van der Waals surface area contributed by atoms with Gasteiger partial charge in [-0.05, 0) is 24.3 Å². The fourth-order valence-electron chi connectivity index (χ4n) is 1.78. The summed E-state index contributed by atoms with van der Waals surface area (Å²) in [4.78, 5) is 19.1. The molecular weight excluding hydrogens is 256 g/mol. The lowest BCUT2D eigenvalue weighted by atomic mass is 10.2. The molecule has 2 N–H and O–H groups in total. The molecule has 0 atom stereocenters. The minimum absolute atomic E-state index is 0.280. The number of aryl methyl sites for hydroxylation is 1. The highest BCUT2D eigenvalue weighted by atomic mass is 16.2. The summed E-state index contributed by atoms with van der Waals surface area (Å²) in [5, 5.41) is 10.2. The summed E-state index contributed by atoms with van der Waals surface area (Å²) in [6.45, 7) is 0. The van der Waals surface area contributed by atoms with Gasteiger partial charge < -0.3 is 10.3 Å². The number of hydrogen-bond acceptors (Lipinski definition) is 4. The topological polar surface area (TPSA) is 88.5 Å². The van der Waals surface area contributed by atoms with Crippen molar-refractivity contribution in [2.24, 2.45) is 7.05 Å². The molecule has 0 aliphatic carbocycles. The van der Waals surface area contributed by atoms with Gasteiger partial charge in [0, 0.05) is 30.7 Å². The Morgan fingerprint density at radius 1 is 1.30 bits per heavy atom. The van der Waals surface area contributed by atoms with Crippen molar-refractivity contribution in [3.8, 4) is 11.4 Å². The summed E-state index contributed by atoms with van der Waals surface area (Å²) >= 11 is 0. The number of anilines is 1. The van der Waals surface area contributed by atoms with Crippen LogP contribution in [0.15, 0.2) is 42.9 Å². The Hall–Kier alpha value is -2.96. The molecule has 0 aliphatic heterocycles. The van der Waals surface area contributed by atoms with Gasteiger partial charge in [0.25, 0.3) is 5.91 Å². The number of benzene rings is 1. The number of aromatic amines is 1. The van der Waals surface area contributed by atoms with Gasteiger partial charge in [0.1, 0.15) is 5.82 Å². The van der Waals surface area contributed by atoms with Crippen molar-refractivity contribution in [2.75, 3.05) is 5.32 Å². The fourth-order valence-corrected chi connectivity index (χ4v) is 1.78. The first kappa shape index (κ1) is 12.1. The standard InChI is InChI=1S/C13H12N6O/c1-19-8-11(17-18-19)13(20)16-10-4-2-9(3-5-10)12-14-6-7-15-12/h2-8H,1H3,(H,14,15)(H,16,20). The SMILES string of the molecule is Cn1cc(C(=O)Nc2ccc(-c3ncc[nH]3)cc2)nn1. The van der Waals surface area contributed by atoms with E-state index in [1.54, 1.807) is 25.6 Å². The lowest BCUT2D eigenvalue weighted by Gasteiger charge is -2.03. The average Bonchev–Trinajstić information content (AvgIpc) is 3.10. The first-order chi connectivity index (χ1) is 9.72. The molecule has 2 heterocycles. The number of carbonyl (C=O) groups excluding carboxylic acids is 1. The van der Waals surface area contributed by atoms with Gasteiger partial charge in [-0.2, -0.15) is 0 Å². The highest BCUT2D eigenvalue weighted by Crippen LogP contribution is 2.17. The molecular formula is C13H12N6O. The van der Waals surface area contributed by atoms with E-state index in [0.717, 1.165) is 11.4 Å². The summed E-state index contributed by atoms with van der Waals surface area (Å²) in [7, 11) is 1.71. The molecule has 20 heavy (non-hydrogen) atoms. The van der Waals surface area contributed by atoms with Crippen LogP contribution in [0.25, 0.3) is 11.4 Å². The molecule has 0 saturated carbocycles. The lowest BCUT2D eigenvalue weighted by Crippen LogP contribution is -2.12. The van der Waals surface area contributed by atoms with Crippen LogP contribution in [-0.2, 0) is 7.05 Å².